The zero-order valence-electron chi connectivity index (χ0n) is 11.8. The van der Waals surface area contributed by atoms with Gasteiger partial charge in [-0.1, -0.05) is 24.6 Å². The highest BCUT2D eigenvalue weighted by atomic mass is 35.5. The van der Waals surface area contributed by atoms with Crippen molar-refractivity contribution in [2.24, 2.45) is 0 Å². The van der Waals surface area contributed by atoms with Gasteiger partial charge in [0, 0.05) is 5.02 Å². The minimum atomic E-state index is -3.75. The van der Waals surface area contributed by atoms with E-state index in [2.05, 4.69) is 10.0 Å². The molecule has 21 heavy (non-hydrogen) atoms. The molecule has 5 nitrogen and oxygen atoms in total. The van der Waals surface area contributed by atoms with Crippen molar-refractivity contribution in [1.29, 1.82) is 0 Å². The van der Waals surface area contributed by atoms with E-state index < -0.39 is 10.0 Å². The van der Waals surface area contributed by atoms with E-state index in [9.17, 15) is 8.42 Å². The van der Waals surface area contributed by atoms with Gasteiger partial charge in [0.05, 0.1) is 12.2 Å². The second-order valence-electron chi connectivity index (χ2n) is 4.57. The number of hydrogen-bond acceptors (Lipinski definition) is 4. The number of rotatable bonds is 6. The highest BCUT2D eigenvalue weighted by Crippen LogP contribution is 2.23. The monoisotopic (exact) mass is 328 g/mol. The fourth-order valence-corrected chi connectivity index (χ4v) is 2.89. The van der Waals surface area contributed by atoms with Crippen LogP contribution in [0, 0.1) is 6.92 Å². The molecule has 1 aromatic heterocycles. The number of nitrogens with one attached hydrogen (secondary N) is 2. The van der Waals surface area contributed by atoms with Crippen LogP contribution in [0.15, 0.2) is 39.8 Å². The third kappa shape index (κ3) is 4.00. The van der Waals surface area contributed by atoms with Crippen molar-refractivity contribution in [3.05, 3.63) is 46.7 Å². The Morgan fingerprint density at radius 1 is 1.24 bits per heavy atom. The lowest BCUT2D eigenvalue weighted by Crippen LogP contribution is -2.13. The predicted octanol–water partition coefficient (Wildman–Crippen LogP) is 3.15. The Labute approximate surface area is 129 Å². The van der Waals surface area contributed by atoms with Crippen molar-refractivity contribution in [3.8, 4) is 0 Å². The standard InChI is InChI=1S/C14H17ClN2O3S/c1-3-16-9-12-6-7-14(20-12)21(18,19)17-11-5-4-10(2)13(15)8-11/h4-8,16-17H,3,9H2,1-2H3. The zero-order chi connectivity index (χ0) is 15.5. The first kappa shape index (κ1) is 15.9. The van der Waals surface area contributed by atoms with Crippen LogP contribution in [0.4, 0.5) is 5.69 Å². The molecule has 0 unspecified atom stereocenters. The Balaban J connectivity index is 2.17. The van der Waals surface area contributed by atoms with Gasteiger partial charge in [0.2, 0.25) is 5.09 Å². The van der Waals surface area contributed by atoms with Crippen LogP contribution in [0.2, 0.25) is 5.02 Å². The summed E-state index contributed by atoms with van der Waals surface area (Å²) >= 11 is 5.98. The molecule has 0 aliphatic carbocycles. The first-order valence-electron chi connectivity index (χ1n) is 6.51. The molecular formula is C14H17ClN2O3S. The lowest BCUT2D eigenvalue weighted by Gasteiger charge is -2.07. The molecule has 0 bridgehead atoms. The molecule has 2 N–H and O–H groups in total. The SMILES string of the molecule is CCNCc1ccc(S(=O)(=O)Nc2ccc(C)c(Cl)c2)o1. The Hall–Kier alpha value is -1.50. The van der Waals surface area contributed by atoms with Crippen LogP contribution in [0.25, 0.3) is 0 Å². The van der Waals surface area contributed by atoms with Crippen LogP contribution in [0.5, 0.6) is 0 Å². The molecule has 0 aliphatic rings. The smallest absolute Gasteiger partial charge is 0.295 e. The number of sulfonamides is 1. The number of anilines is 1. The van der Waals surface area contributed by atoms with Crippen LogP contribution in [0.3, 0.4) is 0 Å². The summed E-state index contributed by atoms with van der Waals surface area (Å²) in [5.41, 5.74) is 1.28. The van der Waals surface area contributed by atoms with Crippen molar-refractivity contribution < 1.29 is 12.8 Å². The first-order valence-corrected chi connectivity index (χ1v) is 8.37. The lowest BCUT2D eigenvalue weighted by molar-refractivity contribution is 0.405. The van der Waals surface area contributed by atoms with Crippen molar-refractivity contribution in [2.45, 2.75) is 25.5 Å². The number of aryl methyl sites for hydroxylation is 1. The minimum absolute atomic E-state index is 0.118. The normalized spacial score (nSPS) is 11.6. The van der Waals surface area contributed by atoms with E-state index in [1.165, 1.54) is 6.07 Å². The average Bonchev–Trinajstić information content (AvgIpc) is 2.90. The van der Waals surface area contributed by atoms with E-state index in [1.807, 2.05) is 13.8 Å². The molecule has 7 heteroatoms. The topological polar surface area (TPSA) is 71.3 Å². The van der Waals surface area contributed by atoms with E-state index >= 15 is 0 Å². The highest BCUT2D eigenvalue weighted by molar-refractivity contribution is 7.92. The lowest BCUT2D eigenvalue weighted by atomic mass is 10.2. The molecule has 0 aliphatic heterocycles. The fraction of sp³-hybridized carbons (Fsp3) is 0.286. The van der Waals surface area contributed by atoms with E-state index in [-0.39, 0.29) is 5.09 Å². The summed E-state index contributed by atoms with van der Waals surface area (Å²) in [6.07, 6.45) is 0. The van der Waals surface area contributed by atoms with Crippen LogP contribution >= 0.6 is 11.6 Å². The van der Waals surface area contributed by atoms with Crippen molar-refractivity contribution in [1.82, 2.24) is 5.32 Å². The van der Waals surface area contributed by atoms with E-state index in [4.69, 9.17) is 16.0 Å². The van der Waals surface area contributed by atoms with Gasteiger partial charge in [0.25, 0.3) is 10.0 Å². The molecule has 0 spiro atoms. The number of hydrogen-bond donors (Lipinski definition) is 2. The van der Waals surface area contributed by atoms with E-state index in [0.29, 0.717) is 23.0 Å². The maximum atomic E-state index is 12.2. The van der Waals surface area contributed by atoms with Gasteiger partial charge in [-0.15, -0.1) is 0 Å². The van der Waals surface area contributed by atoms with Gasteiger partial charge in [-0.3, -0.25) is 4.72 Å². The minimum Gasteiger partial charge on any atom is -0.446 e. The molecule has 0 amide bonds. The Morgan fingerprint density at radius 2 is 2.00 bits per heavy atom. The van der Waals surface area contributed by atoms with Gasteiger partial charge in [-0.2, -0.15) is 8.42 Å². The van der Waals surface area contributed by atoms with Crippen LogP contribution in [-0.2, 0) is 16.6 Å². The largest absolute Gasteiger partial charge is 0.446 e. The van der Waals surface area contributed by atoms with E-state index in [0.717, 1.165) is 12.1 Å². The summed E-state index contributed by atoms with van der Waals surface area (Å²) in [6.45, 7) is 5.08. The Morgan fingerprint density at radius 3 is 2.67 bits per heavy atom. The molecule has 2 rings (SSSR count). The maximum absolute atomic E-state index is 12.2. The third-order valence-corrected chi connectivity index (χ3v) is 4.54. The summed E-state index contributed by atoms with van der Waals surface area (Å²) < 4.78 is 32.2. The molecule has 114 valence electrons. The molecule has 0 saturated carbocycles. The van der Waals surface area contributed by atoms with Crippen molar-refractivity contribution in [2.75, 3.05) is 11.3 Å². The predicted molar refractivity (Wildman–Crippen MR) is 83.1 cm³/mol. The molecule has 0 fully saturated rings. The van der Waals surface area contributed by atoms with Crippen LogP contribution in [-0.4, -0.2) is 15.0 Å². The summed E-state index contributed by atoms with van der Waals surface area (Å²) in [5, 5.41) is 3.45. The van der Waals surface area contributed by atoms with Gasteiger partial charge in [-0.25, -0.2) is 0 Å². The molecule has 0 saturated heterocycles. The number of furan rings is 1. The van der Waals surface area contributed by atoms with Crippen molar-refractivity contribution in [3.63, 3.8) is 0 Å². The van der Waals surface area contributed by atoms with E-state index in [1.54, 1.807) is 24.3 Å². The van der Waals surface area contributed by atoms with Gasteiger partial charge in [-0.05, 0) is 43.3 Å². The van der Waals surface area contributed by atoms with Gasteiger partial charge in [0.15, 0.2) is 0 Å². The van der Waals surface area contributed by atoms with Crippen LogP contribution < -0.4 is 10.0 Å². The summed E-state index contributed by atoms with van der Waals surface area (Å²) in [4.78, 5) is 0. The van der Waals surface area contributed by atoms with Gasteiger partial charge >= 0.3 is 0 Å². The molecular weight excluding hydrogens is 312 g/mol. The number of halogens is 1. The second kappa shape index (κ2) is 6.51. The summed E-state index contributed by atoms with van der Waals surface area (Å²) in [5.74, 6) is 0.569. The Kier molecular flexibility index (Phi) is 4.92. The van der Waals surface area contributed by atoms with Crippen molar-refractivity contribution >= 4 is 27.3 Å². The molecule has 2 aromatic rings. The van der Waals surface area contributed by atoms with Crippen LogP contribution in [0.1, 0.15) is 18.2 Å². The van der Waals surface area contributed by atoms with Gasteiger partial charge in [0.1, 0.15) is 5.76 Å². The summed E-state index contributed by atoms with van der Waals surface area (Å²) in [7, 11) is -3.75. The van der Waals surface area contributed by atoms with Gasteiger partial charge < -0.3 is 9.73 Å². The average molecular weight is 329 g/mol. The molecule has 0 atom stereocenters. The zero-order valence-corrected chi connectivity index (χ0v) is 13.4. The first-order chi connectivity index (χ1) is 9.92. The fourth-order valence-electron chi connectivity index (χ4n) is 1.71. The highest BCUT2D eigenvalue weighted by Gasteiger charge is 2.19. The number of benzene rings is 1. The second-order valence-corrected chi connectivity index (χ2v) is 6.59. The maximum Gasteiger partial charge on any atom is 0.295 e. The molecule has 0 radical (unpaired) electrons. The molecule has 1 heterocycles. The quantitative estimate of drug-likeness (QED) is 0.854. The molecule has 1 aromatic carbocycles. The Bertz CT molecular complexity index is 726. The third-order valence-electron chi connectivity index (χ3n) is 2.88. The summed E-state index contributed by atoms with van der Waals surface area (Å²) in [6, 6.07) is 8.04.